The smallest absolute Gasteiger partial charge is 0.204 e. The molecule has 0 spiro atoms. The zero-order valence-corrected chi connectivity index (χ0v) is 8.55. The number of rotatable bonds is 2. The van der Waals surface area contributed by atoms with Gasteiger partial charge in [0.2, 0.25) is 5.13 Å². The second-order valence-electron chi connectivity index (χ2n) is 3.33. The van der Waals surface area contributed by atoms with E-state index in [0.29, 0.717) is 6.04 Å². The average molecular weight is 198 g/mol. The molecular weight excluding hydrogens is 184 g/mol. The van der Waals surface area contributed by atoms with E-state index < -0.39 is 0 Å². The fourth-order valence-electron chi connectivity index (χ4n) is 1.64. The molecule has 1 saturated heterocycles. The largest absolute Gasteiger partial charge is 0.346 e. The lowest BCUT2D eigenvalue weighted by atomic mass is 10.1. The highest BCUT2D eigenvalue weighted by molar-refractivity contribution is 7.09. The molecule has 1 aromatic heterocycles. The molecule has 0 amide bonds. The Bertz CT molecular complexity index is 243. The molecule has 0 bridgehead atoms. The first-order valence-electron chi connectivity index (χ1n) is 4.58. The minimum Gasteiger partial charge on any atom is -0.346 e. The summed E-state index contributed by atoms with van der Waals surface area (Å²) in [6.45, 7) is 2.22. The van der Waals surface area contributed by atoms with Crippen LogP contribution in [-0.4, -0.2) is 35.5 Å². The first-order valence-corrected chi connectivity index (χ1v) is 5.35. The monoisotopic (exact) mass is 198 g/mol. The van der Waals surface area contributed by atoms with E-state index in [0.717, 1.165) is 18.2 Å². The van der Waals surface area contributed by atoms with Gasteiger partial charge in [-0.25, -0.2) is 4.98 Å². The van der Waals surface area contributed by atoms with Crippen molar-refractivity contribution in [3.63, 3.8) is 0 Å². The van der Waals surface area contributed by atoms with Crippen LogP contribution in [0.5, 0.6) is 0 Å². The molecule has 0 radical (unpaired) electrons. The maximum atomic E-state index is 4.20. The van der Waals surface area contributed by atoms with Crippen molar-refractivity contribution in [2.75, 3.05) is 25.0 Å². The normalized spacial score (nSPS) is 23.0. The molecule has 0 aliphatic carbocycles. The highest BCUT2D eigenvalue weighted by atomic mass is 32.1. The van der Waals surface area contributed by atoms with Crippen molar-refractivity contribution >= 4 is 16.7 Å². The Balaban J connectivity index is 1.99. The van der Waals surface area contributed by atoms with Crippen LogP contribution in [0, 0.1) is 0 Å². The topological polar surface area (TPSA) is 41.1 Å². The summed E-state index contributed by atoms with van der Waals surface area (Å²) in [5.74, 6) is 0. The van der Waals surface area contributed by atoms with Crippen molar-refractivity contribution in [2.45, 2.75) is 18.9 Å². The third-order valence-corrected chi connectivity index (χ3v) is 3.23. The third kappa shape index (κ3) is 1.97. The fourth-order valence-corrected chi connectivity index (χ4v) is 2.20. The maximum absolute atomic E-state index is 4.20. The molecule has 5 heteroatoms. The molecule has 0 aromatic carbocycles. The first-order chi connectivity index (χ1) is 6.38. The molecule has 1 unspecified atom stereocenters. The van der Waals surface area contributed by atoms with E-state index in [-0.39, 0.29) is 0 Å². The van der Waals surface area contributed by atoms with Crippen LogP contribution < -0.4 is 10.2 Å². The maximum Gasteiger partial charge on any atom is 0.204 e. The second kappa shape index (κ2) is 4.02. The second-order valence-corrected chi connectivity index (χ2v) is 4.09. The molecular formula is C8H14N4S. The molecule has 1 aliphatic rings. The first kappa shape index (κ1) is 8.90. The van der Waals surface area contributed by atoms with Crippen LogP contribution in [0.1, 0.15) is 12.8 Å². The van der Waals surface area contributed by atoms with E-state index in [2.05, 4.69) is 26.6 Å². The van der Waals surface area contributed by atoms with Gasteiger partial charge in [-0.3, -0.25) is 0 Å². The summed E-state index contributed by atoms with van der Waals surface area (Å²) in [6.07, 6.45) is 4.13. The highest BCUT2D eigenvalue weighted by Gasteiger charge is 2.19. The van der Waals surface area contributed by atoms with Crippen molar-refractivity contribution < 1.29 is 0 Å². The Labute approximate surface area is 82.1 Å². The van der Waals surface area contributed by atoms with E-state index >= 15 is 0 Å². The lowest BCUT2D eigenvalue weighted by Gasteiger charge is -2.30. The Morgan fingerprint density at radius 2 is 2.62 bits per heavy atom. The molecule has 13 heavy (non-hydrogen) atoms. The minimum atomic E-state index is 0.585. The predicted octanol–water partition coefficient (Wildman–Crippen LogP) is 0.726. The summed E-state index contributed by atoms with van der Waals surface area (Å²) < 4.78 is 4.01. The molecule has 1 fully saturated rings. The zero-order valence-electron chi connectivity index (χ0n) is 7.73. The summed E-state index contributed by atoms with van der Waals surface area (Å²) in [7, 11) is 2.10. The lowest BCUT2D eigenvalue weighted by Crippen LogP contribution is -2.44. The number of nitrogens with one attached hydrogen (secondary N) is 1. The Morgan fingerprint density at radius 1 is 1.69 bits per heavy atom. The minimum absolute atomic E-state index is 0.585. The van der Waals surface area contributed by atoms with E-state index in [9.17, 15) is 0 Å². The van der Waals surface area contributed by atoms with Crippen LogP contribution in [-0.2, 0) is 0 Å². The van der Waals surface area contributed by atoms with Crippen molar-refractivity contribution in [3.05, 3.63) is 6.33 Å². The third-order valence-electron chi connectivity index (χ3n) is 2.47. The quantitative estimate of drug-likeness (QED) is 0.760. The van der Waals surface area contributed by atoms with Gasteiger partial charge in [-0.1, -0.05) is 0 Å². The van der Waals surface area contributed by atoms with E-state index in [4.69, 9.17) is 0 Å². The Morgan fingerprint density at radius 3 is 3.23 bits per heavy atom. The standard InChI is InChI=1S/C8H14N4S/c1-12(8-10-6-11-13-8)7-3-2-4-9-5-7/h6-7,9H,2-5H2,1H3. The molecule has 1 N–H and O–H groups in total. The molecule has 0 saturated carbocycles. The van der Waals surface area contributed by atoms with Crippen molar-refractivity contribution in [2.24, 2.45) is 0 Å². The molecule has 2 rings (SSSR count). The van der Waals surface area contributed by atoms with E-state index in [1.807, 2.05) is 0 Å². The van der Waals surface area contributed by atoms with Gasteiger partial charge in [0.25, 0.3) is 0 Å². The number of likely N-dealkylation sites (N-methyl/N-ethyl adjacent to an activating group) is 1. The number of anilines is 1. The summed E-state index contributed by atoms with van der Waals surface area (Å²) in [5, 5.41) is 4.41. The van der Waals surface area contributed by atoms with Gasteiger partial charge in [0, 0.05) is 31.2 Å². The average Bonchev–Trinajstić information content (AvgIpc) is 2.71. The van der Waals surface area contributed by atoms with Gasteiger partial charge in [0.15, 0.2) is 0 Å². The number of hydrogen-bond acceptors (Lipinski definition) is 5. The van der Waals surface area contributed by atoms with Crippen LogP contribution in [0.4, 0.5) is 5.13 Å². The predicted molar refractivity (Wildman–Crippen MR) is 54.2 cm³/mol. The van der Waals surface area contributed by atoms with Crippen LogP contribution in [0.3, 0.4) is 0 Å². The van der Waals surface area contributed by atoms with Crippen LogP contribution in [0.2, 0.25) is 0 Å². The van der Waals surface area contributed by atoms with Crippen LogP contribution in [0.15, 0.2) is 6.33 Å². The number of aromatic nitrogens is 2. The summed E-state index contributed by atoms with van der Waals surface area (Å²) in [4.78, 5) is 6.42. The molecule has 72 valence electrons. The van der Waals surface area contributed by atoms with Gasteiger partial charge in [-0.05, 0) is 19.4 Å². The summed E-state index contributed by atoms with van der Waals surface area (Å²) >= 11 is 1.46. The zero-order chi connectivity index (χ0) is 9.10. The van der Waals surface area contributed by atoms with Gasteiger partial charge in [0.1, 0.15) is 6.33 Å². The molecule has 1 aromatic rings. The fraction of sp³-hybridized carbons (Fsp3) is 0.750. The Hall–Kier alpha value is -0.680. The summed E-state index contributed by atoms with van der Waals surface area (Å²) in [6, 6.07) is 0.585. The molecule has 4 nitrogen and oxygen atoms in total. The Kier molecular flexibility index (Phi) is 2.75. The summed E-state index contributed by atoms with van der Waals surface area (Å²) in [5.41, 5.74) is 0. The molecule has 2 heterocycles. The number of hydrogen-bond donors (Lipinski definition) is 1. The lowest BCUT2D eigenvalue weighted by molar-refractivity contribution is 0.445. The van der Waals surface area contributed by atoms with Gasteiger partial charge in [-0.2, -0.15) is 4.37 Å². The van der Waals surface area contributed by atoms with Gasteiger partial charge < -0.3 is 10.2 Å². The number of piperidine rings is 1. The van der Waals surface area contributed by atoms with Gasteiger partial charge in [0.05, 0.1) is 0 Å². The van der Waals surface area contributed by atoms with Crippen molar-refractivity contribution in [1.29, 1.82) is 0 Å². The van der Waals surface area contributed by atoms with Crippen LogP contribution in [0.25, 0.3) is 0 Å². The van der Waals surface area contributed by atoms with Gasteiger partial charge >= 0.3 is 0 Å². The van der Waals surface area contributed by atoms with Gasteiger partial charge in [-0.15, -0.1) is 0 Å². The molecule has 1 aliphatic heterocycles. The van der Waals surface area contributed by atoms with E-state index in [1.54, 1.807) is 6.33 Å². The van der Waals surface area contributed by atoms with E-state index in [1.165, 1.54) is 24.4 Å². The molecule has 1 atom stereocenters. The SMILES string of the molecule is CN(c1ncns1)C1CCCNC1. The van der Waals surface area contributed by atoms with Crippen LogP contribution >= 0.6 is 11.5 Å². The number of nitrogens with zero attached hydrogens (tertiary/aromatic N) is 3. The van der Waals surface area contributed by atoms with Crippen molar-refractivity contribution in [3.8, 4) is 0 Å². The highest BCUT2D eigenvalue weighted by Crippen LogP contribution is 2.18. The van der Waals surface area contributed by atoms with Crippen molar-refractivity contribution in [1.82, 2.24) is 14.7 Å².